The number of nitrogens with zero attached hydrogens (tertiary/aromatic N) is 1. The second-order valence-electron chi connectivity index (χ2n) is 6.58. The van der Waals surface area contributed by atoms with Gasteiger partial charge < -0.3 is 10.1 Å². The molecule has 0 spiro atoms. The molecule has 0 aromatic heterocycles. The van der Waals surface area contributed by atoms with Gasteiger partial charge in [0.05, 0.1) is 10.6 Å². The van der Waals surface area contributed by atoms with Crippen LogP contribution in [0.4, 0.5) is 11.4 Å². The van der Waals surface area contributed by atoms with Crippen LogP contribution in [0.25, 0.3) is 0 Å². The van der Waals surface area contributed by atoms with E-state index in [-0.39, 0.29) is 17.4 Å². The van der Waals surface area contributed by atoms with Crippen molar-refractivity contribution >= 4 is 43.2 Å². The molecular weight excluding hydrogens is 468 g/mol. The number of carbonyl (C=O) groups excluding carboxylic acids is 1. The molecule has 8 heteroatoms. The molecule has 3 aromatic rings. The highest BCUT2D eigenvalue weighted by Crippen LogP contribution is 2.24. The number of anilines is 2. The van der Waals surface area contributed by atoms with Crippen LogP contribution in [0.3, 0.4) is 0 Å². The fraction of sp³-hybridized carbons (Fsp3) is 0.136. The third-order valence-corrected chi connectivity index (χ3v) is 6.71. The quantitative estimate of drug-likeness (QED) is 0.527. The van der Waals surface area contributed by atoms with E-state index in [1.807, 2.05) is 25.1 Å². The Labute approximate surface area is 184 Å². The Hall–Kier alpha value is -2.84. The van der Waals surface area contributed by atoms with Crippen LogP contribution in [0.1, 0.15) is 5.56 Å². The van der Waals surface area contributed by atoms with E-state index in [0.717, 1.165) is 10.0 Å². The smallest absolute Gasteiger partial charge is 0.264 e. The highest BCUT2D eigenvalue weighted by atomic mass is 79.9. The van der Waals surface area contributed by atoms with Crippen molar-refractivity contribution in [3.8, 4) is 5.75 Å². The van der Waals surface area contributed by atoms with E-state index in [1.54, 1.807) is 42.5 Å². The number of hydrogen-bond acceptors (Lipinski definition) is 4. The van der Waals surface area contributed by atoms with Gasteiger partial charge in [0.2, 0.25) is 0 Å². The molecule has 0 fully saturated rings. The molecule has 1 amide bonds. The number of halogens is 1. The molecule has 6 nitrogen and oxygen atoms in total. The van der Waals surface area contributed by atoms with Gasteiger partial charge in [-0.3, -0.25) is 9.10 Å². The SMILES string of the molecule is Cc1cc(Br)ccc1OCC(=O)Nc1ccc(S(=O)(=O)N(C)c2ccccc2)cc1. The minimum absolute atomic E-state index is 0.133. The van der Waals surface area contributed by atoms with Crippen LogP contribution < -0.4 is 14.4 Å². The van der Waals surface area contributed by atoms with Gasteiger partial charge >= 0.3 is 0 Å². The van der Waals surface area contributed by atoms with Gasteiger partial charge in [-0.25, -0.2) is 8.42 Å². The first-order valence-electron chi connectivity index (χ1n) is 9.10. The van der Waals surface area contributed by atoms with Gasteiger partial charge in [0.1, 0.15) is 5.75 Å². The van der Waals surface area contributed by atoms with E-state index in [9.17, 15) is 13.2 Å². The molecule has 0 aliphatic heterocycles. The van der Waals surface area contributed by atoms with Crippen LogP contribution in [0.2, 0.25) is 0 Å². The van der Waals surface area contributed by atoms with Crippen molar-refractivity contribution in [3.05, 3.63) is 82.8 Å². The third kappa shape index (κ3) is 5.20. The molecule has 0 heterocycles. The van der Waals surface area contributed by atoms with E-state index >= 15 is 0 Å². The second-order valence-corrected chi connectivity index (χ2v) is 9.46. The van der Waals surface area contributed by atoms with Crippen molar-refractivity contribution in [1.82, 2.24) is 0 Å². The van der Waals surface area contributed by atoms with E-state index in [4.69, 9.17) is 4.74 Å². The molecule has 0 atom stereocenters. The lowest BCUT2D eigenvalue weighted by molar-refractivity contribution is -0.118. The van der Waals surface area contributed by atoms with Crippen LogP contribution in [-0.2, 0) is 14.8 Å². The predicted octanol–water partition coefficient (Wildman–Crippen LogP) is 4.60. The number of ether oxygens (including phenoxy) is 1. The molecule has 0 radical (unpaired) electrons. The van der Waals surface area contributed by atoms with Crippen molar-refractivity contribution in [2.75, 3.05) is 23.3 Å². The van der Waals surface area contributed by atoms with Crippen molar-refractivity contribution in [1.29, 1.82) is 0 Å². The number of benzene rings is 3. The Morgan fingerprint density at radius 3 is 2.33 bits per heavy atom. The number of amides is 1. The standard InChI is InChI=1S/C22H21BrN2O4S/c1-16-14-17(23)8-13-21(16)29-15-22(26)24-18-9-11-20(12-10-18)30(27,28)25(2)19-6-4-3-5-7-19/h3-14H,15H2,1-2H3,(H,24,26). The monoisotopic (exact) mass is 488 g/mol. The summed E-state index contributed by atoms with van der Waals surface area (Å²) in [6, 6.07) is 20.4. The van der Waals surface area contributed by atoms with E-state index in [1.165, 1.54) is 23.5 Å². The van der Waals surface area contributed by atoms with E-state index < -0.39 is 10.0 Å². The minimum atomic E-state index is -3.70. The molecule has 3 aromatic carbocycles. The highest BCUT2D eigenvalue weighted by molar-refractivity contribution is 9.10. The Balaban J connectivity index is 1.63. The number of para-hydroxylation sites is 1. The summed E-state index contributed by atoms with van der Waals surface area (Å²) in [5.74, 6) is 0.285. The Morgan fingerprint density at radius 2 is 1.70 bits per heavy atom. The first-order chi connectivity index (χ1) is 14.3. The normalized spacial score (nSPS) is 11.0. The van der Waals surface area contributed by atoms with Crippen LogP contribution in [0.15, 0.2) is 82.2 Å². The minimum Gasteiger partial charge on any atom is -0.483 e. The van der Waals surface area contributed by atoms with Crippen LogP contribution in [0, 0.1) is 6.92 Å². The van der Waals surface area contributed by atoms with E-state index in [0.29, 0.717) is 17.1 Å². The lowest BCUT2D eigenvalue weighted by Crippen LogP contribution is -2.26. The zero-order chi connectivity index (χ0) is 21.7. The summed E-state index contributed by atoms with van der Waals surface area (Å²) >= 11 is 3.38. The Kier molecular flexibility index (Phi) is 6.79. The van der Waals surface area contributed by atoms with Gasteiger partial charge in [-0.15, -0.1) is 0 Å². The molecular formula is C22H21BrN2O4S. The van der Waals surface area contributed by atoms with Gasteiger partial charge in [-0.05, 0) is 67.1 Å². The van der Waals surface area contributed by atoms with Crippen LogP contribution in [0.5, 0.6) is 5.75 Å². The van der Waals surface area contributed by atoms with Gasteiger partial charge in [-0.1, -0.05) is 34.1 Å². The summed E-state index contributed by atoms with van der Waals surface area (Å²) in [4.78, 5) is 12.3. The molecule has 3 rings (SSSR count). The molecule has 156 valence electrons. The molecule has 0 aliphatic carbocycles. The van der Waals surface area contributed by atoms with Crippen molar-refractivity contribution in [3.63, 3.8) is 0 Å². The van der Waals surface area contributed by atoms with Crippen molar-refractivity contribution in [2.45, 2.75) is 11.8 Å². The average Bonchev–Trinajstić information content (AvgIpc) is 2.73. The van der Waals surface area contributed by atoms with Gasteiger partial charge in [0, 0.05) is 17.2 Å². The number of rotatable bonds is 7. The maximum absolute atomic E-state index is 12.8. The topological polar surface area (TPSA) is 75.7 Å². The van der Waals surface area contributed by atoms with Crippen molar-refractivity contribution < 1.29 is 17.9 Å². The summed E-state index contributed by atoms with van der Waals surface area (Å²) < 4.78 is 33.3. The summed E-state index contributed by atoms with van der Waals surface area (Å²) in [5.41, 5.74) is 1.96. The lowest BCUT2D eigenvalue weighted by atomic mass is 10.2. The number of aryl methyl sites for hydroxylation is 1. The summed E-state index contributed by atoms with van der Waals surface area (Å²) in [5, 5.41) is 2.70. The third-order valence-electron chi connectivity index (χ3n) is 4.41. The number of carbonyl (C=O) groups is 1. The van der Waals surface area contributed by atoms with Gasteiger partial charge in [-0.2, -0.15) is 0 Å². The Morgan fingerprint density at radius 1 is 1.03 bits per heavy atom. The fourth-order valence-corrected chi connectivity index (χ4v) is 4.43. The van der Waals surface area contributed by atoms with Gasteiger partial charge in [0.25, 0.3) is 15.9 Å². The summed E-state index contributed by atoms with van der Waals surface area (Å²) in [7, 11) is -2.20. The zero-order valence-electron chi connectivity index (χ0n) is 16.5. The fourth-order valence-electron chi connectivity index (χ4n) is 2.76. The van der Waals surface area contributed by atoms with E-state index in [2.05, 4.69) is 21.2 Å². The molecule has 30 heavy (non-hydrogen) atoms. The molecule has 0 saturated heterocycles. The maximum Gasteiger partial charge on any atom is 0.264 e. The summed E-state index contributed by atoms with van der Waals surface area (Å²) in [6.45, 7) is 1.74. The molecule has 0 unspecified atom stereocenters. The lowest BCUT2D eigenvalue weighted by Gasteiger charge is -2.19. The first kappa shape index (κ1) is 21.9. The number of nitrogens with one attached hydrogen (secondary N) is 1. The molecule has 0 aliphatic rings. The largest absolute Gasteiger partial charge is 0.483 e. The number of sulfonamides is 1. The Bertz CT molecular complexity index is 1130. The van der Waals surface area contributed by atoms with Crippen molar-refractivity contribution in [2.24, 2.45) is 0 Å². The number of hydrogen-bond donors (Lipinski definition) is 1. The summed E-state index contributed by atoms with van der Waals surface area (Å²) in [6.07, 6.45) is 0. The first-order valence-corrected chi connectivity index (χ1v) is 11.3. The highest BCUT2D eigenvalue weighted by Gasteiger charge is 2.21. The maximum atomic E-state index is 12.8. The van der Waals surface area contributed by atoms with Crippen LogP contribution >= 0.6 is 15.9 Å². The second kappa shape index (κ2) is 9.32. The van der Waals surface area contributed by atoms with Crippen LogP contribution in [-0.4, -0.2) is 28.0 Å². The molecule has 0 saturated carbocycles. The molecule has 1 N–H and O–H groups in total. The zero-order valence-corrected chi connectivity index (χ0v) is 18.9. The molecule has 0 bridgehead atoms. The predicted molar refractivity (Wildman–Crippen MR) is 121 cm³/mol. The average molecular weight is 489 g/mol. The van der Waals surface area contributed by atoms with Gasteiger partial charge in [0.15, 0.2) is 6.61 Å².